The van der Waals surface area contributed by atoms with Crippen LogP contribution in [0.15, 0.2) is 4.42 Å². The average Bonchev–Trinajstić information content (AvgIpc) is 2.57. The van der Waals surface area contributed by atoms with Gasteiger partial charge in [0.05, 0.1) is 0 Å². The van der Waals surface area contributed by atoms with Crippen LogP contribution in [0, 0.1) is 6.92 Å². The van der Waals surface area contributed by atoms with E-state index in [4.69, 9.17) is 14.3 Å². The van der Waals surface area contributed by atoms with E-state index < -0.39 is 23.7 Å². The molecule has 1 aromatic heterocycles. The predicted molar refractivity (Wildman–Crippen MR) is 66.0 cm³/mol. The zero-order valence-corrected chi connectivity index (χ0v) is 11.6. The maximum Gasteiger partial charge on any atom is 0.408 e. The zero-order valence-electron chi connectivity index (χ0n) is 11.6. The van der Waals surface area contributed by atoms with Gasteiger partial charge >= 0.3 is 12.1 Å². The number of ether oxygens (including phenoxy) is 1. The van der Waals surface area contributed by atoms with Gasteiger partial charge in [-0.05, 0) is 34.6 Å². The van der Waals surface area contributed by atoms with Gasteiger partial charge in [0.25, 0.3) is 0 Å². The molecule has 1 heterocycles. The number of carbonyl (C=O) groups excluding carboxylic acids is 1. The van der Waals surface area contributed by atoms with Crippen molar-refractivity contribution in [1.29, 1.82) is 0 Å². The van der Waals surface area contributed by atoms with Crippen molar-refractivity contribution in [2.24, 2.45) is 0 Å². The highest BCUT2D eigenvalue weighted by atomic mass is 16.6. The Labute approximate surface area is 111 Å². The first kappa shape index (κ1) is 15.0. The summed E-state index contributed by atoms with van der Waals surface area (Å²) in [6, 6.07) is -0.582. The lowest BCUT2D eigenvalue weighted by Gasteiger charge is -2.20. The molecule has 7 nitrogen and oxygen atoms in total. The number of oxazole rings is 1. The van der Waals surface area contributed by atoms with E-state index in [2.05, 4.69) is 10.3 Å². The second-order valence-corrected chi connectivity index (χ2v) is 5.13. The fourth-order valence-electron chi connectivity index (χ4n) is 1.35. The van der Waals surface area contributed by atoms with Crippen molar-refractivity contribution in [3.8, 4) is 0 Å². The zero-order chi connectivity index (χ0) is 14.8. The number of aromatic carboxylic acids is 1. The number of carbonyl (C=O) groups is 2. The van der Waals surface area contributed by atoms with Crippen LogP contribution in [0.25, 0.3) is 0 Å². The van der Waals surface area contributed by atoms with Crippen LogP contribution in [0.4, 0.5) is 4.79 Å². The summed E-state index contributed by atoms with van der Waals surface area (Å²) in [6.45, 7) is 8.36. The molecule has 0 aliphatic carbocycles. The van der Waals surface area contributed by atoms with Crippen molar-refractivity contribution in [1.82, 2.24) is 10.3 Å². The third-order valence-electron chi connectivity index (χ3n) is 2.12. The molecule has 0 saturated heterocycles. The quantitative estimate of drug-likeness (QED) is 0.873. The van der Waals surface area contributed by atoms with E-state index in [-0.39, 0.29) is 17.3 Å². The maximum absolute atomic E-state index is 11.5. The molecular weight excluding hydrogens is 252 g/mol. The third kappa shape index (κ3) is 4.27. The van der Waals surface area contributed by atoms with E-state index in [1.165, 1.54) is 6.92 Å². The van der Waals surface area contributed by atoms with Crippen molar-refractivity contribution >= 4 is 12.1 Å². The monoisotopic (exact) mass is 270 g/mol. The number of amides is 1. The van der Waals surface area contributed by atoms with Gasteiger partial charge < -0.3 is 19.6 Å². The van der Waals surface area contributed by atoms with Crippen molar-refractivity contribution in [2.75, 3.05) is 0 Å². The van der Waals surface area contributed by atoms with Crippen LogP contribution in [-0.2, 0) is 4.74 Å². The van der Waals surface area contributed by atoms with E-state index in [9.17, 15) is 9.59 Å². The van der Waals surface area contributed by atoms with Crippen LogP contribution in [0.2, 0.25) is 0 Å². The van der Waals surface area contributed by atoms with Crippen LogP contribution in [0.1, 0.15) is 55.9 Å². The molecule has 0 fully saturated rings. The van der Waals surface area contributed by atoms with Crippen LogP contribution in [-0.4, -0.2) is 27.8 Å². The predicted octanol–water partition coefficient (Wildman–Crippen LogP) is 2.27. The van der Waals surface area contributed by atoms with Crippen molar-refractivity contribution in [3.63, 3.8) is 0 Å². The van der Waals surface area contributed by atoms with Crippen molar-refractivity contribution < 1.29 is 23.8 Å². The highest BCUT2D eigenvalue weighted by molar-refractivity contribution is 5.86. The molecule has 0 radical (unpaired) electrons. The first-order chi connectivity index (χ1) is 8.60. The minimum absolute atomic E-state index is 0.126. The van der Waals surface area contributed by atoms with Crippen LogP contribution in [0.5, 0.6) is 0 Å². The van der Waals surface area contributed by atoms with E-state index in [0.717, 1.165) is 0 Å². The number of aryl methyl sites for hydroxylation is 1. The van der Waals surface area contributed by atoms with Crippen LogP contribution < -0.4 is 5.32 Å². The van der Waals surface area contributed by atoms with Gasteiger partial charge in [0.1, 0.15) is 17.4 Å². The Morgan fingerprint density at radius 1 is 1.42 bits per heavy atom. The third-order valence-corrected chi connectivity index (χ3v) is 2.12. The molecule has 0 bridgehead atoms. The van der Waals surface area contributed by atoms with E-state index in [1.807, 2.05) is 0 Å². The summed E-state index contributed by atoms with van der Waals surface area (Å²) in [7, 11) is 0. The Bertz CT molecular complexity index is 487. The van der Waals surface area contributed by atoms with Crippen molar-refractivity contribution in [2.45, 2.75) is 46.3 Å². The van der Waals surface area contributed by atoms with Crippen molar-refractivity contribution in [3.05, 3.63) is 17.3 Å². The molecule has 1 amide bonds. The van der Waals surface area contributed by atoms with Gasteiger partial charge in [-0.3, -0.25) is 0 Å². The molecule has 106 valence electrons. The largest absolute Gasteiger partial charge is 0.476 e. The van der Waals surface area contributed by atoms with Gasteiger partial charge in [-0.25, -0.2) is 14.6 Å². The summed E-state index contributed by atoms with van der Waals surface area (Å²) >= 11 is 0. The molecule has 0 aliphatic heterocycles. The van der Waals surface area contributed by atoms with Gasteiger partial charge in [0.15, 0.2) is 5.69 Å². The summed E-state index contributed by atoms with van der Waals surface area (Å²) in [5.74, 6) is -0.849. The van der Waals surface area contributed by atoms with Crippen LogP contribution in [0.3, 0.4) is 0 Å². The second kappa shape index (κ2) is 5.29. The maximum atomic E-state index is 11.5. The molecule has 1 atom stereocenters. The Balaban J connectivity index is 2.73. The standard InChI is InChI=1S/C12H18N2O5/c1-6(13-11(17)19-12(3,4)5)9-14-8(10(15)16)7(2)18-9/h6H,1-5H3,(H,13,17)(H,15,16)/t6-/m0/s1. The molecule has 2 N–H and O–H groups in total. The smallest absolute Gasteiger partial charge is 0.408 e. The molecule has 7 heteroatoms. The van der Waals surface area contributed by atoms with Gasteiger partial charge in [-0.1, -0.05) is 0 Å². The highest BCUT2D eigenvalue weighted by Gasteiger charge is 2.23. The summed E-state index contributed by atoms with van der Waals surface area (Å²) in [6.07, 6.45) is -0.618. The van der Waals surface area contributed by atoms with Gasteiger partial charge in [-0.2, -0.15) is 0 Å². The lowest BCUT2D eigenvalue weighted by molar-refractivity contribution is 0.0500. The second-order valence-electron chi connectivity index (χ2n) is 5.13. The number of alkyl carbamates (subject to hydrolysis) is 1. The number of hydrogen-bond acceptors (Lipinski definition) is 5. The average molecular weight is 270 g/mol. The van der Waals surface area contributed by atoms with E-state index >= 15 is 0 Å². The Morgan fingerprint density at radius 2 is 2.00 bits per heavy atom. The van der Waals surface area contributed by atoms with E-state index in [1.54, 1.807) is 27.7 Å². The van der Waals surface area contributed by atoms with Gasteiger partial charge in [-0.15, -0.1) is 0 Å². The lowest BCUT2D eigenvalue weighted by Crippen LogP contribution is -2.34. The molecule has 0 saturated carbocycles. The molecule has 0 unspecified atom stereocenters. The molecular formula is C12H18N2O5. The minimum atomic E-state index is -1.17. The van der Waals surface area contributed by atoms with Gasteiger partial charge in [0.2, 0.25) is 5.89 Å². The SMILES string of the molecule is Cc1oc([C@H](C)NC(=O)OC(C)(C)C)nc1C(=O)O. The molecule has 1 rings (SSSR count). The van der Waals surface area contributed by atoms with E-state index in [0.29, 0.717) is 0 Å². The number of hydrogen-bond donors (Lipinski definition) is 2. The Morgan fingerprint density at radius 3 is 2.42 bits per heavy atom. The highest BCUT2D eigenvalue weighted by Crippen LogP contribution is 2.17. The molecule has 0 aliphatic rings. The summed E-state index contributed by atoms with van der Waals surface area (Å²) in [5, 5.41) is 11.4. The topological polar surface area (TPSA) is 102 Å². The van der Waals surface area contributed by atoms with Crippen LogP contribution >= 0.6 is 0 Å². The number of rotatable bonds is 3. The fraction of sp³-hybridized carbons (Fsp3) is 0.583. The number of nitrogens with one attached hydrogen (secondary N) is 1. The number of carboxylic acids is 1. The first-order valence-electron chi connectivity index (χ1n) is 5.80. The normalized spacial score (nSPS) is 12.9. The molecule has 1 aromatic rings. The summed E-state index contributed by atoms with van der Waals surface area (Å²) < 4.78 is 10.3. The lowest BCUT2D eigenvalue weighted by atomic mass is 10.2. The fourth-order valence-corrected chi connectivity index (χ4v) is 1.35. The summed E-state index contributed by atoms with van der Waals surface area (Å²) in [4.78, 5) is 26.2. The Hall–Kier alpha value is -2.05. The number of nitrogens with zero attached hydrogens (tertiary/aromatic N) is 1. The number of carboxylic acid groups (broad SMARTS) is 1. The minimum Gasteiger partial charge on any atom is -0.476 e. The number of aromatic nitrogens is 1. The molecule has 0 aromatic carbocycles. The first-order valence-corrected chi connectivity index (χ1v) is 5.80. The molecule has 19 heavy (non-hydrogen) atoms. The summed E-state index contributed by atoms with van der Waals surface area (Å²) in [5.41, 5.74) is -0.768. The van der Waals surface area contributed by atoms with Gasteiger partial charge in [0, 0.05) is 0 Å². The molecule has 0 spiro atoms. The Kier molecular flexibility index (Phi) is 4.18.